The summed E-state index contributed by atoms with van der Waals surface area (Å²) in [6, 6.07) is 10.1. The highest BCUT2D eigenvalue weighted by atomic mass is 35.5. The van der Waals surface area contributed by atoms with E-state index in [1.165, 1.54) is 11.0 Å². The van der Waals surface area contributed by atoms with Gasteiger partial charge in [-0.05, 0) is 30.7 Å². The molecule has 0 N–H and O–H groups in total. The molecule has 4 rings (SSSR count). The zero-order valence-electron chi connectivity index (χ0n) is 14.0. The maximum Gasteiger partial charge on any atom is 0.249 e. The van der Waals surface area contributed by atoms with Gasteiger partial charge in [0, 0.05) is 17.5 Å². The molecule has 1 atom stereocenters. The minimum absolute atomic E-state index is 0.163. The number of benzene rings is 2. The summed E-state index contributed by atoms with van der Waals surface area (Å²) in [5.41, 5.74) is 0.439. The highest BCUT2D eigenvalue weighted by Gasteiger charge is 2.37. The van der Waals surface area contributed by atoms with Crippen LogP contribution in [0.2, 0.25) is 5.02 Å². The van der Waals surface area contributed by atoms with Crippen molar-refractivity contribution in [1.29, 1.82) is 0 Å². The number of carbonyl (C=O) groups excluding carboxylic acids is 1. The Bertz CT molecular complexity index is 988. The summed E-state index contributed by atoms with van der Waals surface area (Å²) in [6.45, 7) is -0.203. The number of aromatic nitrogens is 2. The van der Waals surface area contributed by atoms with Crippen LogP contribution in [0.15, 0.2) is 47.0 Å². The smallest absolute Gasteiger partial charge is 0.249 e. The normalized spacial score (nSPS) is 16.9. The van der Waals surface area contributed by atoms with E-state index in [1.54, 1.807) is 24.3 Å². The molecule has 3 aromatic rings. The van der Waals surface area contributed by atoms with Crippen molar-refractivity contribution in [3.8, 4) is 11.4 Å². The van der Waals surface area contributed by atoms with E-state index >= 15 is 0 Å². The largest absolute Gasteiger partial charge is 0.337 e. The van der Waals surface area contributed by atoms with Crippen molar-refractivity contribution >= 4 is 17.5 Å². The SMILES string of the molecule is O=C1CCC(c2nc(-c3ccccc3Cl)no2)N1Cc1c(F)cccc1F. The van der Waals surface area contributed by atoms with E-state index in [0.29, 0.717) is 22.8 Å². The first-order chi connectivity index (χ1) is 13.0. The molecule has 27 heavy (non-hydrogen) atoms. The molecule has 1 aromatic heterocycles. The summed E-state index contributed by atoms with van der Waals surface area (Å²) in [4.78, 5) is 18.0. The number of rotatable bonds is 4. The number of amides is 1. The van der Waals surface area contributed by atoms with Gasteiger partial charge in [0.25, 0.3) is 0 Å². The van der Waals surface area contributed by atoms with Gasteiger partial charge in [-0.25, -0.2) is 8.78 Å². The second kappa shape index (κ2) is 7.08. The second-order valence-corrected chi connectivity index (χ2v) is 6.62. The molecule has 0 spiro atoms. The maximum atomic E-state index is 14.0. The van der Waals surface area contributed by atoms with E-state index < -0.39 is 17.7 Å². The third-order valence-electron chi connectivity index (χ3n) is 4.56. The Labute approximate surface area is 158 Å². The van der Waals surface area contributed by atoms with Crippen molar-refractivity contribution < 1.29 is 18.1 Å². The van der Waals surface area contributed by atoms with Gasteiger partial charge in [0.05, 0.1) is 11.6 Å². The van der Waals surface area contributed by atoms with Gasteiger partial charge >= 0.3 is 0 Å². The molecule has 0 bridgehead atoms. The van der Waals surface area contributed by atoms with Crippen molar-refractivity contribution in [2.45, 2.75) is 25.4 Å². The lowest BCUT2D eigenvalue weighted by atomic mass is 10.1. The third kappa shape index (κ3) is 3.30. The van der Waals surface area contributed by atoms with Gasteiger partial charge in [-0.2, -0.15) is 4.98 Å². The molecule has 1 aliphatic heterocycles. The van der Waals surface area contributed by atoms with Crippen molar-refractivity contribution in [3.63, 3.8) is 0 Å². The summed E-state index contributed by atoms with van der Waals surface area (Å²) < 4.78 is 33.3. The standard InChI is InChI=1S/C19H14ClF2N3O2/c20-13-5-2-1-4-11(13)18-23-19(27-24-18)16-8-9-17(26)25(16)10-12-14(21)6-3-7-15(12)22/h1-7,16H,8-10H2. The molecule has 1 fully saturated rings. The lowest BCUT2D eigenvalue weighted by molar-refractivity contribution is -0.130. The van der Waals surface area contributed by atoms with Crippen LogP contribution in [-0.2, 0) is 11.3 Å². The second-order valence-electron chi connectivity index (χ2n) is 6.21. The fraction of sp³-hybridized carbons (Fsp3) is 0.211. The topological polar surface area (TPSA) is 59.2 Å². The summed E-state index contributed by atoms with van der Waals surface area (Å²) >= 11 is 6.15. The molecule has 0 aliphatic carbocycles. The Kier molecular flexibility index (Phi) is 4.61. The van der Waals surface area contributed by atoms with Crippen molar-refractivity contribution in [3.05, 3.63) is 70.6 Å². The highest BCUT2D eigenvalue weighted by molar-refractivity contribution is 6.33. The quantitative estimate of drug-likeness (QED) is 0.657. The van der Waals surface area contributed by atoms with Crippen LogP contribution in [0.1, 0.15) is 30.3 Å². The van der Waals surface area contributed by atoms with E-state index in [4.69, 9.17) is 16.1 Å². The van der Waals surface area contributed by atoms with Gasteiger partial charge < -0.3 is 9.42 Å². The zero-order chi connectivity index (χ0) is 19.0. The van der Waals surface area contributed by atoms with Crippen LogP contribution < -0.4 is 0 Å². The van der Waals surface area contributed by atoms with Gasteiger partial charge in [-0.1, -0.05) is 35.0 Å². The molecule has 1 unspecified atom stereocenters. The number of hydrogen-bond donors (Lipinski definition) is 0. The first-order valence-corrected chi connectivity index (χ1v) is 8.73. The molecule has 0 saturated carbocycles. The molecule has 138 valence electrons. The predicted octanol–water partition coefficient (Wildman–Crippen LogP) is 4.53. The molecular weight excluding hydrogens is 376 g/mol. The van der Waals surface area contributed by atoms with E-state index in [-0.39, 0.29) is 30.3 Å². The Hall–Kier alpha value is -2.80. The number of likely N-dealkylation sites (tertiary alicyclic amines) is 1. The van der Waals surface area contributed by atoms with Crippen molar-refractivity contribution in [1.82, 2.24) is 15.0 Å². The van der Waals surface area contributed by atoms with Gasteiger partial charge in [0.2, 0.25) is 17.6 Å². The van der Waals surface area contributed by atoms with Crippen molar-refractivity contribution in [2.24, 2.45) is 0 Å². The predicted molar refractivity (Wildman–Crippen MR) is 93.6 cm³/mol. The Morgan fingerprint density at radius 3 is 2.63 bits per heavy atom. The third-order valence-corrected chi connectivity index (χ3v) is 4.89. The molecule has 2 heterocycles. The number of carbonyl (C=O) groups is 1. The molecule has 2 aromatic carbocycles. The van der Waals surface area contributed by atoms with Crippen LogP contribution in [0.3, 0.4) is 0 Å². The van der Waals surface area contributed by atoms with Crippen LogP contribution in [0.25, 0.3) is 11.4 Å². The van der Waals surface area contributed by atoms with Crippen LogP contribution in [0, 0.1) is 11.6 Å². The fourth-order valence-electron chi connectivity index (χ4n) is 3.16. The molecule has 1 amide bonds. The van der Waals surface area contributed by atoms with Crippen molar-refractivity contribution in [2.75, 3.05) is 0 Å². The van der Waals surface area contributed by atoms with E-state index in [9.17, 15) is 13.6 Å². The van der Waals surface area contributed by atoms with Crippen LogP contribution >= 0.6 is 11.6 Å². The Balaban J connectivity index is 1.63. The fourth-order valence-corrected chi connectivity index (χ4v) is 3.39. The average molecular weight is 390 g/mol. The first-order valence-electron chi connectivity index (χ1n) is 8.35. The molecule has 1 aliphatic rings. The number of nitrogens with zero attached hydrogens (tertiary/aromatic N) is 3. The van der Waals surface area contributed by atoms with Gasteiger partial charge in [0.15, 0.2) is 0 Å². The monoisotopic (exact) mass is 389 g/mol. The van der Waals surface area contributed by atoms with Crippen LogP contribution in [-0.4, -0.2) is 20.9 Å². The first kappa shape index (κ1) is 17.6. The number of hydrogen-bond acceptors (Lipinski definition) is 4. The molecule has 5 nitrogen and oxygen atoms in total. The summed E-state index contributed by atoms with van der Waals surface area (Å²) in [5, 5.41) is 4.41. The summed E-state index contributed by atoms with van der Waals surface area (Å²) in [5.74, 6) is -1.11. The minimum Gasteiger partial charge on any atom is -0.337 e. The van der Waals surface area contributed by atoms with Gasteiger partial charge in [0.1, 0.15) is 17.7 Å². The van der Waals surface area contributed by atoms with E-state index in [0.717, 1.165) is 12.1 Å². The lowest BCUT2D eigenvalue weighted by Gasteiger charge is -2.22. The maximum absolute atomic E-state index is 14.0. The molecule has 8 heteroatoms. The Morgan fingerprint density at radius 1 is 1.15 bits per heavy atom. The molecule has 0 radical (unpaired) electrons. The molecular formula is C19H14ClF2N3O2. The average Bonchev–Trinajstić information content (AvgIpc) is 3.26. The number of halogens is 3. The zero-order valence-corrected chi connectivity index (χ0v) is 14.8. The van der Waals surface area contributed by atoms with E-state index in [1.807, 2.05) is 0 Å². The molecule has 1 saturated heterocycles. The Morgan fingerprint density at radius 2 is 1.89 bits per heavy atom. The summed E-state index contributed by atoms with van der Waals surface area (Å²) in [6.07, 6.45) is 0.670. The van der Waals surface area contributed by atoms with Crippen LogP contribution in [0.5, 0.6) is 0 Å². The van der Waals surface area contributed by atoms with Gasteiger partial charge in [-0.3, -0.25) is 4.79 Å². The van der Waals surface area contributed by atoms with E-state index in [2.05, 4.69) is 10.1 Å². The van der Waals surface area contributed by atoms with Crippen LogP contribution in [0.4, 0.5) is 8.78 Å². The highest BCUT2D eigenvalue weighted by Crippen LogP contribution is 2.35. The minimum atomic E-state index is -0.698. The van der Waals surface area contributed by atoms with Gasteiger partial charge in [-0.15, -0.1) is 0 Å². The lowest BCUT2D eigenvalue weighted by Crippen LogP contribution is -2.28. The summed E-state index contributed by atoms with van der Waals surface area (Å²) in [7, 11) is 0.